The number of furan rings is 1. The van der Waals surface area contributed by atoms with Crippen molar-refractivity contribution in [3.05, 3.63) is 58.0 Å². The monoisotopic (exact) mass is 450 g/mol. The van der Waals surface area contributed by atoms with Crippen LogP contribution in [0.15, 0.2) is 45.3 Å². The zero-order valence-electron chi connectivity index (χ0n) is 16.8. The van der Waals surface area contributed by atoms with E-state index in [1.165, 1.54) is 0 Å². The molecule has 1 heterocycles. The average molecular weight is 451 g/mol. The molecular formula is C21H27BrN2O4. The number of ether oxygens (including phenoxy) is 1. The van der Waals surface area contributed by atoms with Gasteiger partial charge in [0.05, 0.1) is 13.2 Å². The fraction of sp³-hybridized carbons (Fsp3) is 0.429. The minimum atomic E-state index is -0.176. The number of benzene rings is 1. The van der Waals surface area contributed by atoms with Gasteiger partial charge in [-0.2, -0.15) is 0 Å². The summed E-state index contributed by atoms with van der Waals surface area (Å²) in [4.78, 5) is 29.2. The van der Waals surface area contributed by atoms with Crippen LogP contribution < -0.4 is 0 Å². The Morgan fingerprint density at radius 1 is 1.21 bits per heavy atom. The molecule has 0 aliphatic carbocycles. The second-order valence-electron chi connectivity index (χ2n) is 6.86. The Bertz CT molecular complexity index is 803. The summed E-state index contributed by atoms with van der Waals surface area (Å²) in [6.07, 6.45) is 0. The normalized spacial score (nSPS) is 10.9. The molecule has 0 bridgehead atoms. The van der Waals surface area contributed by atoms with Crippen LogP contribution in [0.2, 0.25) is 0 Å². The van der Waals surface area contributed by atoms with Crippen LogP contribution >= 0.6 is 15.9 Å². The highest BCUT2D eigenvalue weighted by Gasteiger charge is 2.25. The first kappa shape index (κ1) is 22.2. The van der Waals surface area contributed by atoms with Crippen LogP contribution in [-0.2, 0) is 16.1 Å². The highest BCUT2D eigenvalue weighted by molar-refractivity contribution is 9.10. The van der Waals surface area contributed by atoms with Crippen LogP contribution in [0.4, 0.5) is 0 Å². The van der Waals surface area contributed by atoms with Crippen molar-refractivity contribution in [2.24, 2.45) is 0 Å². The molecule has 6 nitrogen and oxygen atoms in total. The minimum Gasteiger partial charge on any atom is -0.464 e. The van der Waals surface area contributed by atoms with E-state index in [0.717, 1.165) is 10.2 Å². The quantitative estimate of drug-likeness (QED) is 0.581. The Balaban J connectivity index is 2.15. The SMILES string of the molecule is COCCN(Cc1ccc(C)o1)C(=O)CN(C(=O)c1cccc(Br)c1)C(C)C. The molecular weight excluding hydrogens is 424 g/mol. The average Bonchev–Trinajstić information content (AvgIpc) is 3.07. The van der Waals surface area contributed by atoms with Crippen LogP contribution in [0.3, 0.4) is 0 Å². The number of rotatable bonds is 9. The largest absolute Gasteiger partial charge is 0.464 e. The van der Waals surface area contributed by atoms with E-state index >= 15 is 0 Å². The molecule has 2 amide bonds. The van der Waals surface area contributed by atoms with Gasteiger partial charge in [-0.05, 0) is 51.1 Å². The molecule has 0 aliphatic heterocycles. The molecule has 0 fully saturated rings. The predicted molar refractivity (Wildman–Crippen MR) is 111 cm³/mol. The van der Waals surface area contributed by atoms with Crippen molar-refractivity contribution in [2.45, 2.75) is 33.4 Å². The first-order valence-electron chi connectivity index (χ1n) is 9.20. The summed E-state index contributed by atoms with van der Waals surface area (Å²) in [5.74, 6) is 1.17. The molecule has 0 saturated carbocycles. The molecule has 0 saturated heterocycles. The number of amides is 2. The molecule has 1 aromatic heterocycles. The van der Waals surface area contributed by atoms with Gasteiger partial charge < -0.3 is 19.0 Å². The highest BCUT2D eigenvalue weighted by Crippen LogP contribution is 2.16. The van der Waals surface area contributed by atoms with Crippen LogP contribution in [0.5, 0.6) is 0 Å². The number of hydrogen-bond donors (Lipinski definition) is 0. The maximum atomic E-state index is 13.0. The van der Waals surface area contributed by atoms with Crippen molar-refractivity contribution in [1.82, 2.24) is 9.80 Å². The van der Waals surface area contributed by atoms with Crippen LogP contribution in [-0.4, -0.2) is 54.5 Å². The summed E-state index contributed by atoms with van der Waals surface area (Å²) in [7, 11) is 1.59. The fourth-order valence-corrected chi connectivity index (χ4v) is 3.17. The lowest BCUT2D eigenvalue weighted by Crippen LogP contribution is -2.46. The van der Waals surface area contributed by atoms with Gasteiger partial charge in [0.2, 0.25) is 5.91 Å². The zero-order chi connectivity index (χ0) is 20.7. The van der Waals surface area contributed by atoms with Crippen molar-refractivity contribution in [1.29, 1.82) is 0 Å². The van der Waals surface area contributed by atoms with E-state index in [-0.39, 0.29) is 24.4 Å². The third-order valence-corrected chi connectivity index (χ3v) is 4.82. The summed E-state index contributed by atoms with van der Waals surface area (Å²) in [6, 6.07) is 10.8. The zero-order valence-corrected chi connectivity index (χ0v) is 18.4. The molecule has 0 radical (unpaired) electrons. The van der Waals surface area contributed by atoms with Gasteiger partial charge in [-0.3, -0.25) is 9.59 Å². The van der Waals surface area contributed by atoms with Gasteiger partial charge in [-0.15, -0.1) is 0 Å². The topological polar surface area (TPSA) is 63.0 Å². The van der Waals surface area contributed by atoms with E-state index in [1.807, 2.05) is 45.0 Å². The molecule has 0 atom stereocenters. The number of halogens is 1. The molecule has 2 rings (SSSR count). The maximum Gasteiger partial charge on any atom is 0.254 e. The van der Waals surface area contributed by atoms with Gasteiger partial charge in [0, 0.05) is 29.7 Å². The van der Waals surface area contributed by atoms with Gasteiger partial charge in [0.1, 0.15) is 18.1 Å². The van der Waals surface area contributed by atoms with E-state index in [2.05, 4.69) is 15.9 Å². The molecule has 0 aliphatic rings. The van der Waals surface area contributed by atoms with Gasteiger partial charge in [-0.1, -0.05) is 22.0 Å². The van der Waals surface area contributed by atoms with Crippen LogP contribution in [0.25, 0.3) is 0 Å². The summed E-state index contributed by atoms with van der Waals surface area (Å²) in [6.45, 7) is 6.83. The molecule has 7 heteroatoms. The van der Waals surface area contributed by atoms with Crippen molar-refractivity contribution in [3.8, 4) is 0 Å². The van der Waals surface area contributed by atoms with Gasteiger partial charge in [0.15, 0.2) is 0 Å². The third-order valence-electron chi connectivity index (χ3n) is 4.32. The first-order chi connectivity index (χ1) is 13.3. The number of carbonyl (C=O) groups is 2. The van der Waals surface area contributed by atoms with Gasteiger partial charge in [0.25, 0.3) is 5.91 Å². The lowest BCUT2D eigenvalue weighted by molar-refractivity contribution is -0.133. The Labute approximate surface area is 174 Å². The predicted octanol–water partition coefficient (Wildman–Crippen LogP) is 3.88. The number of hydrogen-bond acceptors (Lipinski definition) is 4. The first-order valence-corrected chi connectivity index (χ1v) is 9.99. The van der Waals surface area contributed by atoms with Gasteiger partial charge >= 0.3 is 0 Å². The second-order valence-corrected chi connectivity index (χ2v) is 7.77. The lowest BCUT2D eigenvalue weighted by Gasteiger charge is -2.30. The number of methoxy groups -OCH3 is 1. The Morgan fingerprint density at radius 2 is 1.96 bits per heavy atom. The summed E-state index contributed by atoms with van der Waals surface area (Å²) in [5, 5.41) is 0. The van der Waals surface area contributed by atoms with Crippen molar-refractivity contribution >= 4 is 27.7 Å². The maximum absolute atomic E-state index is 13.0. The van der Waals surface area contributed by atoms with E-state index in [0.29, 0.717) is 31.0 Å². The van der Waals surface area contributed by atoms with Crippen molar-refractivity contribution < 1.29 is 18.7 Å². The molecule has 0 spiro atoms. The molecule has 28 heavy (non-hydrogen) atoms. The number of carbonyl (C=O) groups excluding carboxylic acids is 2. The molecule has 0 N–H and O–H groups in total. The van der Waals surface area contributed by atoms with Crippen molar-refractivity contribution in [2.75, 3.05) is 26.8 Å². The fourth-order valence-electron chi connectivity index (χ4n) is 2.77. The number of nitrogens with zero attached hydrogens (tertiary/aromatic N) is 2. The van der Waals surface area contributed by atoms with E-state index in [1.54, 1.807) is 29.0 Å². The third kappa shape index (κ3) is 6.21. The second kappa shape index (κ2) is 10.4. The Hall–Kier alpha value is -2.12. The Morgan fingerprint density at radius 3 is 2.54 bits per heavy atom. The van der Waals surface area contributed by atoms with Crippen LogP contribution in [0.1, 0.15) is 35.7 Å². The van der Waals surface area contributed by atoms with E-state index in [9.17, 15) is 9.59 Å². The Kier molecular flexibility index (Phi) is 8.26. The standard InChI is InChI=1S/C21H27BrN2O4/c1-15(2)24(21(26)17-6-5-7-18(22)12-17)14-20(25)23(10-11-27-4)13-19-9-8-16(3)28-19/h5-9,12,15H,10-11,13-14H2,1-4H3. The minimum absolute atomic E-state index is 0.00752. The van der Waals surface area contributed by atoms with E-state index < -0.39 is 0 Å². The summed E-state index contributed by atoms with van der Waals surface area (Å²) >= 11 is 3.39. The molecule has 0 unspecified atom stereocenters. The van der Waals surface area contributed by atoms with Crippen molar-refractivity contribution in [3.63, 3.8) is 0 Å². The van der Waals surface area contributed by atoms with Gasteiger partial charge in [-0.25, -0.2) is 0 Å². The smallest absolute Gasteiger partial charge is 0.254 e. The lowest BCUT2D eigenvalue weighted by atomic mass is 10.1. The highest BCUT2D eigenvalue weighted by atomic mass is 79.9. The molecule has 1 aromatic carbocycles. The van der Waals surface area contributed by atoms with E-state index in [4.69, 9.17) is 9.15 Å². The summed E-state index contributed by atoms with van der Waals surface area (Å²) in [5.41, 5.74) is 0.543. The molecule has 2 aromatic rings. The summed E-state index contributed by atoms with van der Waals surface area (Å²) < 4.78 is 11.6. The molecule has 152 valence electrons. The number of aryl methyl sites for hydroxylation is 1. The van der Waals surface area contributed by atoms with Crippen LogP contribution in [0, 0.1) is 6.92 Å².